The largest absolute Gasteiger partial charge is 0.437 e. The monoisotopic (exact) mass is 924 g/mol. The summed E-state index contributed by atoms with van der Waals surface area (Å²) in [6, 6.07) is 35.7. The Bertz CT molecular complexity index is 2620. The van der Waals surface area contributed by atoms with Crippen LogP contribution in [0.3, 0.4) is 0 Å². The molecule has 0 spiro atoms. The van der Waals surface area contributed by atoms with Gasteiger partial charge in [-0.3, -0.25) is 0 Å². The summed E-state index contributed by atoms with van der Waals surface area (Å²) in [4.78, 5) is 9.45. The minimum Gasteiger partial charge on any atom is -0.437 e. The lowest BCUT2D eigenvalue weighted by Gasteiger charge is -2.12. The van der Waals surface area contributed by atoms with Gasteiger partial charge in [-0.1, -0.05) is 108 Å². The van der Waals surface area contributed by atoms with Crippen LogP contribution in [0.4, 0.5) is 11.6 Å². The van der Waals surface area contributed by atoms with Gasteiger partial charge in [0, 0.05) is 59.5 Å². The second-order valence-electron chi connectivity index (χ2n) is 13.1. The summed E-state index contributed by atoms with van der Waals surface area (Å²) < 4.78 is 5.19. The van der Waals surface area contributed by atoms with E-state index in [4.69, 9.17) is 38.9 Å². The van der Waals surface area contributed by atoms with Gasteiger partial charge in [-0.15, -0.1) is 0 Å². The minimum atomic E-state index is -0.527. The van der Waals surface area contributed by atoms with E-state index in [-0.39, 0.29) is 0 Å². The highest BCUT2D eigenvalue weighted by molar-refractivity contribution is 9.11. The molecule has 0 atom stereocenters. The molecule has 8 rings (SSSR count). The van der Waals surface area contributed by atoms with Gasteiger partial charge in [0.15, 0.2) is 11.3 Å². The Morgan fingerprint density at radius 1 is 0.632 bits per heavy atom. The molecule has 0 aliphatic heterocycles. The molecule has 4 aromatic carbocycles. The molecule has 6 N–H and O–H groups in total. The lowest BCUT2D eigenvalue weighted by molar-refractivity contribution is 0.554. The topological polar surface area (TPSA) is 143 Å². The van der Waals surface area contributed by atoms with Gasteiger partial charge in [-0.05, 0) is 73.1 Å². The van der Waals surface area contributed by atoms with Gasteiger partial charge in [0.05, 0.1) is 32.7 Å². The zero-order chi connectivity index (χ0) is 39.9. The van der Waals surface area contributed by atoms with E-state index in [2.05, 4.69) is 82.2 Å². The first-order valence-electron chi connectivity index (χ1n) is 18.0. The SMILES string of the molecule is CB(O)NCc1ccc(CNc2cc(-c3ccccc3Cl)nc3c(Br)cnn23)cc1.NCc1ccc(CNc2cc(-c3ccccc3Cl)nc3c(Br)cnn23)cc1. The Morgan fingerprint density at radius 2 is 1.04 bits per heavy atom. The lowest BCUT2D eigenvalue weighted by atomic mass is 9.88. The summed E-state index contributed by atoms with van der Waals surface area (Å²) in [5.41, 5.74) is 14.9. The summed E-state index contributed by atoms with van der Waals surface area (Å²) in [6.07, 6.45) is 3.47. The number of hydrogen-bond acceptors (Lipinski definition) is 9. The number of aromatic nitrogens is 6. The quantitative estimate of drug-likeness (QED) is 0.0758. The predicted molar refractivity (Wildman–Crippen MR) is 238 cm³/mol. The third-order valence-corrected chi connectivity index (χ3v) is 10.8. The van der Waals surface area contributed by atoms with Crippen LogP contribution in [0.5, 0.6) is 0 Å². The zero-order valence-corrected chi connectivity index (χ0v) is 35.4. The van der Waals surface area contributed by atoms with Gasteiger partial charge in [-0.2, -0.15) is 19.2 Å². The van der Waals surface area contributed by atoms with Crippen LogP contribution in [0.2, 0.25) is 16.9 Å². The standard InChI is InChI=1S/C21H20BBrClN5O.C20H17BrClN5/c1-22(30)26-12-15-8-6-14(7-9-15)11-25-20-10-19(16-4-2-3-5-18(16)24)28-21-17(23)13-27-29(20)21;21-16-12-25-27-19(24-11-14-7-5-13(10-23)6-8-14)9-18(26-20(16)27)15-3-1-2-4-17(15)22/h2-10,13,25-26,30H,11-12H2,1H3;1-9,12,24H,10-11,23H2. The fourth-order valence-electron chi connectivity index (χ4n) is 5.96. The van der Waals surface area contributed by atoms with Crippen molar-refractivity contribution in [2.45, 2.75) is 33.0 Å². The summed E-state index contributed by atoms with van der Waals surface area (Å²) >= 11 is 19.8. The number of hydrogen-bond donors (Lipinski definition) is 5. The maximum atomic E-state index is 9.34. The van der Waals surface area contributed by atoms with Crippen molar-refractivity contribution in [3.63, 3.8) is 0 Å². The normalized spacial score (nSPS) is 11.1. The van der Waals surface area contributed by atoms with Crippen molar-refractivity contribution >= 4 is 85.0 Å². The van der Waals surface area contributed by atoms with E-state index < -0.39 is 7.05 Å². The van der Waals surface area contributed by atoms with E-state index in [1.165, 1.54) is 0 Å². The van der Waals surface area contributed by atoms with Crippen molar-refractivity contribution in [1.29, 1.82) is 0 Å². The summed E-state index contributed by atoms with van der Waals surface area (Å²) in [5.74, 6) is 1.66. The van der Waals surface area contributed by atoms with Crippen LogP contribution >= 0.6 is 55.1 Å². The molecule has 0 saturated carbocycles. The highest BCUT2D eigenvalue weighted by Gasteiger charge is 2.15. The molecule has 0 saturated heterocycles. The molecule has 0 aliphatic carbocycles. The van der Waals surface area contributed by atoms with Crippen molar-refractivity contribution in [2.75, 3.05) is 10.6 Å². The Morgan fingerprint density at radius 3 is 1.44 bits per heavy atom. The number of rotatable bonds is 12. The average molecular weight is 927 g/mol. The first-order valence-corrected chi connectivity index (χ1v) is 20.3. The zero-order valence-electron chi connectivity index (χ0n) is 30.7. The molecule has 0 bridgehead atoms. The highest BCUT2D eigenvalue weighted by atomic mass is 79.9. The fourth-order valence-corrected chi connectivity index (χ4v) is 7.12. The molecule has 0 fully saturated rings. The molecule has 11 nitrogen and oxygen atoms in total. The number of nitrogens with one attached hydrogen (secondary N) is 3. The van der Waals surface area contributed by atoms with E-state index >= 15 is 0 Å². The number of nitrogens with zero attached hydrogens (tertiary/aromatic N) is 6. The molecule has 16 heteroatoms. The smallest absolute Gasteiger partial charge is 0.373 e. The molecule has 57 heavy (non-hydrogen) atoms. The Labute approximate surface area is 357 Å². The second-order valence-corrected chi connectivity index (χ2v) is 15.6. The third kappa shape index (κ3) is 9.85. The number of anilines is 2. The Hall–Kier alpha value is -4.80. The van der Waals surface area contributed by atoms with Crippen molar-refractivity contribution in [2.24, 2.45) is 5.73 Å². The van der Waals surface area contributed by atoms with Crippen LogP contribution in [-0.2, 0) is 26.2 Å². The molecule has 8 aromatic rings. The Balaban J connectivity index is 0.000000175. The van der Waals surface area contributed by atoms with Gasteiger partial charge in [0.2, 0.25) is 0 Å². The molecular weight excluding hydrogens is 890 g/mol. The first kappa shape index (κ1) is 40.4. The summed E-state index contributed by atoms with van der Waals surface area (Å²) in [5, 5.41) is 29.4. The van der Waals surface area contributed by atoms with Crippen LogP contribution in [0, 0.1) is 0 Å². The molecular formula is C41H37BBr2Cl2N10O. The highest BCUT2D eigenvalue weighted by Crippen LogP contribution is 2.32. The molecule has 0 radical (unpaired) electrons. The van der Waals surface area contributed by atoms with Gasteiger partial charge in [-0.25, -0.2) is 9.97 Å². The molecule has 0 amide bonds. The average Bonchev–Trinajstić information content (AvgIpc) is 3.80. The maximum Gasteiger partial charge on any atom is 0.373 e. The van der Waals surface area contributed by atoms with Gasteiger partial charge >= 0.3 is 7.05 Å². The summed E-state index contributed by atoms with van der Waals surface area (Å²) in [7, 11) is -0.527. The van der Waals surface area contributed by atoms with E-state index in [1.807, 2.05) is 84.9 Å². The number of halogens is 4. The van der Waals surface area contributed by atoms with Crippen molar-refractivity contribution in [3.05, 3.63) is 163 Å². The van der Waals surface area contributed by atoms with Crippen LogP contribution in [-0.4, -0.2) is 41.3 Å². The summed E-state index contributed by atoms with van der Waals surface area (Å²) in [6.45, 7) is 4.16. The second kappa shape index (κ2) is 18.6. The van der Waals surface area contributed by atoms with E-state index in [0.717, 1.165) is 76.6 Å². The van der Waals surface area contributed by atoms with Gasteiger partial charge < -0.3 is 26.6 Å². The maximum absolute atomic E-state index is 9.34. The van der Waals surface area contributed by atoms with Crippen molar-refractivity contribution in [3.8, 4) is 22.5 Å². The van der Waals surface area contributed by atoms with Crippen LogP contribution < -0.4 is 21.6 Å². The van der Waals surface area contributed by atoms with Crippen LogP contribution in [0.1, 0.15) is 22.3 Å². The molecule has 4 aromatic heterocycles. The van der Waals surface area contributed by atoms with E-state index in [9.17, 15) is 5.02 Å². The first-order chi connectivity index (χ1) is 27.7. The molecule has 4 heterocycles. The Kier molecular flexibility index (Phi) is 13.2. The van der Waals surface area contributed by atoms with Crippen molar-refractivity contribution < 1.29 is 5.02 Å². The van der Waals surface area contributed by atoms with E-state index in [1.54, 1.807) is 28.2 Å². The molecule has 0 aliphatic rings. The number of benzene rings is 4. The number of fused-ring (bicyclic) bond motifs is 2. The van der Waals surface area contributed by atoms with Crippen molar-refractivity contribution in [1.82, 2.24) is 34.4 Å². The van der Waals surface area contributed by atoms with Crippen LogP contribution in [0.25, 0.3) is 33.8 Å². The molecule has 0 unspecified atom stereocenters. The fraction of sp³-hybridized carbons (Fsp3) is 0.122. The van der Waals surface area contributed by atoms with E-state index in [0.29, 0.717) is 36.2 Å². The third-order valence-electron chi connectivity index (χ3n) is 8.99. The molecule has 288 valence electrons. The van der Waals surface area contributed by atoms with Crippen LogP contribution in [0.15, 0.2) is 131 Å². The number of nitrogens with two attached hydrogens (primary N) is 1. The van der Waals surface area contributed by atoms with Gasteiger partial charge in [0.25, 0.3) is 0 Å². The minimum absolute atomic E-state index is 0.527. The lowest BCUT2D eigenvalue weighted by Crippen LogP contribution is -2.29. The predicted octanol–water partition coefficient (Wildman–Crippen LogP) is 9.51. The van der Waals surface area contributed by atoms with Gasteiger partial charge in [0.1, 0.15) is 11.6 Å².